The van der Waals surface area contributed by atoms with Crippen LogP contribution in [0.4, 0.5) is 4.39 Å². The summed E-state index contributed by atoms with van der Waals surface area (Å²) in [5.74, 6) is -0.425. The van der Waals surface area contributed by atoms with Gasteiger partial charge in [-0.1, -0.05) is 48.0 Å². The minimum atomic E-state index is -0.425. The molecular formula is C16H13ClFN3. The fourth-order valence-electron chi connectivity index (χ4n) is 2.30. The summed E-state index contributed by atoms with van der Waals surface area (Å²) in [5.41, 5.74) is 8.51. The lowest BCUT2D eigenvalue weighted by Gasteiger charge is -2.11. The van der Waals surface area contributed by atoms with Crippen LogP contribution < -0.4 is 5.73 Å². The van der Waals surface area contributed by atoms with Crippen LogP contribution in [0, 0.1) is 5.82 Å². The SMILES string of the molecule is NCc1cnn(-c2c(F)cccc2Cl)c1-c1ccccc1. The number of para-hydroxylation sites is 1. The second-order valence-corrected chi connectivity index (χ2v) is 4.98. The molecule has 0 saturated heterocycles. The standard InChI is InChI=1S/C16H13ClFN3/c17-13-7-4-8-14(18)16(13)21-15(12(9-19)10-20-21)11-5-2-1-3-6-11/h1-8,10H,9,19H2. The van der Waals surface area contributed by atoms with E-state index in [0.29, 0.717) is 11.6 Å². The molecule has 0 bridgehead atoms. The number of halogens is 2. The molecule has 0 aliphatic heterocycles. The van der Waals surface area contributed by atoms with Crippen molar-refractivity contribution >= 4 is 11.6 Å². The number of rotatable bonds is 3. The molecule has 0 amide bonds. The van der Waals surface area contributed by atoms with E-state index >= 15 is 0 Å². The van der Waals surface area contributed by atoms with Gasteiger partial charge in [-0.05, 0) is 12.1 Å². The smallest absolute Gasteiger partial charge is 0.150 e. The number of hydrogen-bond donors (Lipinski definition) is 1. The Morgan fingerprint density at radius 2 is 1.86 bits per heavy atom. The molecule has 21 heavy (non-hydrogen) atoms. The Kier molecular flexibility index (Phi) is 3.73. The number of benzene rings is 2. The molecule has 0 aliphatic rings. The third kappa shape index (κ3) is 2.44. The largest absolute Gasteiger partial charge is 0.326 e. The first-order chi connectivity index (χ1) is 10.2. The van der Waals surface area contributed by atoms with Crippen molar-refractivity contribution in [2.45, 2.75) is 6.54 Å². The zero-order valence-electron chi connectivity index (χ0n) is 11.1. The molecule has 5 heteroatoms. The summed E-state index contributed by atoms with van der Waals surface area (Å²) in [6, 6.07) is 14.2. The Morgan fingerprint density at radius 1 is 1.10 bits per heavy atom. The summed E-state index contributed by atoms with van der Waals surface area (Å²) < 4.78 is 15.7. The van der Waals surface area contributed by atoms with Crippen molar-refractivity contribution in [3.63, 3.8) is 0 Å². The van der Waals surface area contributed by atoms with Gasteiger partial charge in [-0.3, -0.25) is 0 Å². The molecule has 3 aromatic rings. The quantitative estimate of drug-likeness (QED) is 0.800. The summed E-state index contributed by atoms with van der Waals surface area (Å²) in [6.45, 7) is 0.316. The van der Waals surface area contributed by atoms with Crippen molar-refractivity contribution in [1.82, 2.24) is 9.78 Å². The van der Waals surface area contributed by atoms with Crippen molar-refractivity contribution in [2.24, 2.45) is 5.73 Å². The van der Waals surface area contributed by atoms with E-state index in [-0.39, 0.29) is 5.69 Å². The highest BCUT2D eigenvalue weighted by Crippen LogP contribution is 2.30. The monoisotopic (exact) mass is 301 g/mol. The third-order valence-corrected chi connectivity index (χ3v) is 3.57. The Bertz CT molecular complexity index is 748. The highest BCUT2D eigenvalue weighted by molar-refractivity contribution is 6.32. The predicted octanol–water partition coefficient (Wildman–Crippen LogP) is 3.79. The first-order valence-electron chi connectivity index (χ1n) is 6.49. The zero-order chi connectivity index (χ0) is 14.8. The van der Waals surface area contributed by atoms with Gasteiger partial charge in [0.15, 0.2) is 0 Å². The summed E-state index contributed by atoms with van der Waals surface area (Å²) in [7, 11) is 0. The van der Waals surface area contributed by atoms with Gasteiger partial charge in [0.1, 0.15) is 11.5 Å². The lowest BCUT2D eigenvalue weighted by molar-refractivity contribution is 0.611. The van der Waals surface area contributed by atoms with Crippen LogP contribution in [0.3, 0.4) is 0 Å². The Labute approximate surface area is 126 Å². The van der Waals surface area contributed by atoms with Gasteiger partial charge in [-0.25, -0.2) is 9.07 Å². The normalized spacial score (nSPS) is 10.8. The van der Waals surface area contributed by atoms with Gasteiger partial charge in [0, 0.05) is 17.7 Å². The molecule has 0 spiro atoms. The van der Waals surface area contributed by atoms with E-state index in [9.17, 15) is 4.39 Å². The summed E-state index contributed by atoms with van der Waals surface area (Å²) >= 11 is 6.14. The molecule has 0 unspecified atom stereocenters. The van der Waals surface area contributed by atoms with Gasteiger partial charge in [0.25, 0.3) is 0 Å². The molecule has 0 aliphatic carbocycles. The van der Waals surface area contributed by atoms with Crippen LogP contribution in [0.25, 0.3) is 16.9 Å². The van der Waals surface area contributed by atoms with E-state index in [1.165, 1.54) is 10.7 Å². The van der Waals surface area contributed by atoms with Gasteiger partial charge in [-0.2, -0.15) is 5.10 Å². The predicted molar refractivity (Wildman–Crippen MR) is 81.9 cm³/mol. The molecule has 106 valence electrons. The van der Waals surface area contributed by atoms with Gasteiger partial charge in [0.05, 0.1) is 16.9 Å². The molecule has 0 saturated carbocycles. The van der Waals surface area contributed by atoms with Crippen LogP contribution in [0.15, 0.2) is 54.7 Å². The maximum atomic E-state index is 14.2. The highest BCUT2D eigenvalue weighted by Gasteiger charge is 2.18. The topological polar surface area (TPSA) is 43.8 Å². The minimum absolute atomic E-state index is 0.234. The van der Waals surface area contributed by atoms with Crippen LogP contribution in [0.2, 0.25) is 5.02 Å². The van der Waals surface area contributed by atoms with Crippen LogP contribution in [-0.4, -0.2) is 9.78 Å². The molecule has 1 aromatic heterocycles. The van der Waals surface area contributed by atoms with E-state index < -0.39 is 5.82 Å². The fourth-order valence-corrected chi connectivity index (χ4v) is 2.54. The van der Waals surface area contributed by atoms with E-state index in [2.05, 4.69) is 5.10 Å². The molecule has 0 fully saturated rings. The van der Waals surface area contributed by atoms with Gasteiger partial charge >= 0.3 is 0 Å². The average Bonchev–Trinajstić information content (AvgIpc) is 2.91. The average molecular weight is 302 g/mol. The van der Waals surface area contributed by atoms with E-state index in [1.807, 2.05) is 30.3 Å². The second-order valence-electron chi connectivity index (χ2n) is 4.57. The second kappa shape index (κ2) is 5.68. The Morgan fingerprint density at radius 3 is 2.52 bits per heavy atom. The first-order valence-corrected chi connectivity index (χ1v) is 6.87. The molecule has 0 radical (unpaired) electrons. The molecule has 3 nitrogen and oxygen atoms in total. The van der Waals surface area contributed by atoms with Crippen molar-refractivity contribution in [3.05, 3.63) is 71.1 Å². The fraction of sp³-hybridized carbons (Fsp3) is 0.0625. The maximum Gasteiger partial charge on any atom is 0.150 e. The highest BCUT2D eigenvalue weighted by atomic mass is 35.5. The lowest BCUT2D eigenvalue weighted by atomic mass is 10.1. The van der Waals surface area contributed by atoms with Crippen LogP contribution >= 0.6 is 11.6 Å². The lowest BCUT2D eigenvalue weighted by Crippen LogP contribution is -2.05. The van der Waals surface area contributed by atoms with Crippen molar-refractivity contribution in [2.75, 3.05) is 0 Å². The third-order valence-electron chi connectivity index (χ3n) is 3.26. The van der Waals surface area contributed by atoms with Crippen LogP contribution in [0.1, 0.15) is 5.56 Å². The van der Waals surface area contributed by atoms with Crippen molar-refractivity contribution in [1.29, 1.82) is 0 Å². The molecule has 0 atom stereocenters. The summed E-state index contributed by atoms with van der Waals surface area (Å²) in [6.07, 6.45) is 1.64. The van der Waals surface area contributed by atoms with Crippen LogP contribution in [-0.2, 0) is 6.54 Å². The summed E-state index contributed by atoms with van der Waals surface area (Å²) in [4.78, 5) is 0. The first kappa shape index (κ1) is 13.8. The van der Waals surface area contributed by atoms with Gasteiger partial charge in [-0.15, -0.1) is 0 Å². The number of aromatic nitrogens is 2. The number of hydrogen-bond acceptors (Lipinski definition) is 2. The van der Waals surface area contributed by atoms with Crippen molar-refractivity contribution in [3.8, 4) is 16.9 Å². The van der Waals surface area contributed by atoms with Crippen LogP contribution in [0.5, 0.6) is 0 Å². The van der Waals surface area contributed by atoms with E-state index in [0.717, 1.165) is 16.8 Å². The molecule has 3 rings (SSSR count). The Balaban J connectivity index is 2.28. The molecule has 2 aromatic carbocycles. The van der Waals surface area contributed by atoms with Crippen molar-refractivity contribution < 1.29 is 4.39 Å². The number of nitrogens with zero attached hydrogens (tertiary/aromatic N) is 2. The van der Waals surface area contributed by atoms with E-state index in [4.69, 9.17) is 17.3 Å². The van der Waals surface area contributed by atoms with Gasteiger partial charge < -0.3 is 5.73 Å². The number of nitrogens with two attached hydrogens (primary N) is 1. The molecular weight excluding hydrogens is 289 g/mol. The molecule has 1 heterocycles. The molecule has 2 N–H and O–H groups in total. The maximum absolute atomic E-state index is 14.2. The zero-order valence-corrected chi connectivity index (χ0v) is 11.9. The Hall–Kier alpha value is -2.17. The minimum Gasteiger partial charge on any atom is -0.326 e. The summed E-state index contributed by atoms with van der Waals surface area (Å²) in [5, 5.41) is 4.57. The van der Waals surface area contributed by atoms with E-state index in [1.54, 1.807) is 18.3 Å². The van der Waals surface area contributed by atoms with Gasteiger partial charge in [0.2, 0.25) is 0 Å².